The van der Waals surface area contributed by atoms with Crippen LogP contribution in [0.4, 0.5) is 5.69 Å². The molecule has 0 amide bonds. The van der Waals surface area contributed by atoms with E-state index in [1.807, 2.05) is 0 Å². The van der Waals surface area contributed by atoms with Crippen molar-refractivity contribution in [2.45, 2.75) is 89.9 Å². The third-order valence-electron chi connectivity index (χ3n) is 14.9. The lowest BCUT2D eigenvalue weighted by molar-refractivity contribution is 0.327. The highest BCUT2D eigenvalue weighted by Gasteiger charge is 2.31. The minimum absolute atomic E-state index is 0.607. The number of hydrogen-bond acceptors (Lipinski definition) is 1. The fourth-order valence-corrected chi connectivity index (χ4v) is 12.2. The van der Waals surface area contributed by atoms with Crippen LogP contribution in [0.25, 0.3) is 67.5 Å². The summed E-state index contributed by atoms with van der Waals surface area (Å²) >= 11 is 0. The first-order chi connectivity index (χ1) is 30.2. The van der Waals surface area contributed by atoms with Crippen LogP contribution in [0.3, 0.4) is 0 Å². The Kier molecular flexibility index (Phi) is 9.16. The normalized spacial score (nSPS) is 20.2. The van der Waals surface area contributed by atoms with Gasteiger partial charge in [0, 0.05) is 57.6 Å². The second-order valence-corrected chi connectivity index (χ2v) is 18.4. The van der Waals surface area contributed by atoms with Crippen LogP contribution >= 0.6 is 0 Å². The summed E-state index contributed by atoms with van der Waals surface area (Å²) in [6.45, 7) is 4.36. The highest BCUT2D eigenvalue weighted by molar-refractivity contribution is 6.04. The Morgan fingerprint density at radius 1 is 0.623 bits per heavy atom. The molecule has 61 heavy (non-hydrogen) atoms. The Hall–Kier alpha value is -6.00. The minimum Gasteiger partial charge on any atom is -0.369 e. The average molecular weight is 797 g/mol. The zero-order valence-corrected chi connectivity index (χ0v) is 35.6. The fraction of sp³-hybridized carbons (Fsp3) is 0.298. The van der Waals surface area contributed by atoms with E-state index in [4.69, 9.17) is 0 Å². The van der Waals surface area contributed by atoms with Crippen molar-refractivity contribution in [3.8, 4) is 17.1 Å². The first-order valence-electron chi connectivity index (χ1n) is 23.4. The molecule has 2 fully saturated rings. The topological polar surface area (TPSA) is 18.0 Å². The second-order valence-electron chi connectivity index (χ2n) is 18.4. The molecule has 304 valence electrons. The maximum absolute atomic E-state index is 2.70. The number of hydrogen-bond donors (Lipinski definition) is 0. The Bertz CT molecular complexity index is 3000. The van der Waals surface area contributed by atoms with Crippen LogP contribution in [-0.4, -0.2) is 26.8 Å². The molecule has 2 unspecified atom stereocenters. The van der Waals surface area contributed by atoms with Crippen molar-refractivity contribution in [3.05, 3.63) is 161 Å². The summed E-state index contributed by atoms with van der Waals surface area (Å²) in [7, 11) is 0. The minimum atomic E-state index is 0.607. The van der Waals surface area contributed by atoms with E-state index in [0.717, 1.165) is 31.8 Å². The molecule has 4 heterocycles. The van der Waals surface area contributed by atoms with Crippen molar-refractivity contribution in [2.24, 2.45) is 5.92 Å². The summed E-state index contributed by atoms with van der Waals surface area (Å²) in [6, 6.07) is 35.0. The number of allylic oxidation sites excluding steroid dienone is 8. The molecule has 7 aromatic rings. The van der Waals surface area contributed by atoms with Gasteiger partial charge in [-0.05, 0) is 160 Å². The third-order valence-corrected chi connectivity index (χ3v) is 14.9. The van der Waals surface area contributed by atoms with E-state index in [9.17, 15) is 0 Å². The number of aromatic nitrogens is 3. The number of anilines is 1. The zero-order valence-electron chi connectivity index (χ0n) is 35.6. The van der Waals surface area contributed by atoms with Crippen LogP contribution in [-0.2, 0) is 6.42 Å². The zero-order chi connectivity index (χ0) is 40.4. The molecule has 0 N–H and O–H groups in total. The van der Waals surface area contributed by atoms with E-state index in [0.29, 0.717) is 5.92 Å². The molecule has 4 nitrogen and oxygen atoms in total. The smallest absolute Gasteiger partial charge is 0.0706 e. The molecular weight excluding hydrogens is 741 g/mol. The maximum Gasteiger partial charge on any atom is 0.0706 e. The molecule has 0 radical (unpaired) electrons. The third kappa shape index (κ3) is 6.08. The van der Waals surface area contributed by atoms with Gasteiger partial charge in [-0.1, -0.05) is 92.1 Å². The molecule has 4 bridgehead atoms. The van der Waals surface area contributed by atoms with Gasteiger partial charge >= 0.3 is 0 Å². The van der Waals surface area contributed by atoms with Crippen molar-refractivity contribution in [3.63, 3.8) is 0 Å². The summed E-state index contributed by atoms with van der Waals surface area (Å²) in [5.74, 6) is 1.46. The van der Waals surface area contributed by atoms with Gasteiger partial charge in [-0.15, -0.1) is 0 Å². The molecule has 1 aliphatic heterocycles. The molecule has 3 aromatic heterocycles. The summed E-state index contributed by atoms with van der Waals surface area (Å²) < 4.78 is 7.77. The van der Waals surface area contributed by atoms with Crippen molar-refractivity contribution in [1.29, 1.82) is 0 Å². The Balaban J connectivity index is 1.11. The van der Waals surface area contributed by atoms with Gasteiger partial charge in [-0.2, -0.15) is 0 Å². The first-order valence-corrected chi connectivity index (χ1v) is 23.4. The van der Waals surface area contributed by atoms with E-state index in [-0.39, 0.29) is 0 Å². The Morgan fingerprint density at radius 3 is 2.26 bits per heavy atom. The molecule has 12 rings (SSSR count). The molecule has 2 atom stereocenters. The van der Waals surface area contributed by atoms with Gasteiger partial charge in [-0.25, -0.2) is 0 Å². The van der Waals surface area contributed by atoms with E-state index in [1.165, 1.54) is 148 Å². The van der Waals surface area contributed by atoms with E-state index in [2.05, 4.69) is 165 Å². The number of nitrogens with zero attached hydrogens (tertiary/aromatic N) is 4. The van der Waals surface area contributed by atoms with Crippen LogP contribution < -0.4 is 4.90 Å². The second kappa shape index (κ2) is 15.2. The molecule has 5 aliphatic rings. The van der Waals surface area contributed by atoms with Gasteiger partial charge in [0.2, 0.25) is 0 Å². The molecule has 4 heteroatoms. The summed E-state index contributed by atoms with van der Waals surface area (Å²) in [4.78, 5) is 2.70. The fourth-order valence-electron chi connectivity index (χ4n) is 12.2. The Morgan fingerprint density at radius 2 is 1.39 bits per heavy atom. The molecular formula is C57H56N4. The number of fused-ring (bicyclic) bond motifs is 13. The number of para-hydroxylation sites is 2. The lowest BCUT2D eigenvalue weighted by Gasteiger charge is -2.29. The summed E-state index contributed by atoms with van der Waals surface area (Å²) in [5, 5.41) is 4.09. The first kappa shape index (κ1) is 36.8. The molecule has 4 aromatic carbocycles. The lowest BCUT2D eigenvalue weighted by atomic mass is 9.76. The van der Waals surface area contributed by atoms with Crippen molar-refractivity contribution >= 4 is 56.1 Å². The average Bonchev–Trinajstić information content (AvgIpc) is 3.90. The molecule has 1 saturated heterocycles. The van der Waals surface area contributed by atoms with Gasteiger partial charge < -0.3 is 18.6 Å². The van der Waals surface area contributed by atoms with Gasteiger partial charge in [0.05, 0.1) is 33.6 Å². The van der Waals surface area contributed by atoms with E-state index < -0.39 is 0 Å². The van der Waals surface area contributed by atoms with Gasteiger partial charge in [0.25, 0.3) is 0 Å². The van der Waals surface area contributed by atoms with Crippen molar-refractivity contribution < 1.29 is 0 Å². The quantitative estimate of drug-likeness (QED) is 0.170. The lowest BCUT2D eigenvalue weighted by Crippen LogP contribution is -2.29. The van der Waals surface area contributed by atoms with Gasteiger partial charge in [-0.3, -0.25) is 0 Å². The van der Waals surface area contributed by atoms with Crippen LogP contribution in [0.1, 0.15) is 112 Å². The summed E-state index contributed by atoms with van der Waals surface area (Å²) in [5.41, 5.74) is 18.7. The predicted octanol–water partition coefficient (Wildman–Crippen LogP) is 14.8. The highest BCUT2D eigenvalue weighted by atomic mass is 15.2. The van der Waals surface area contributed by atoms with Gasteiger partial charge in [0.15, 0.2) is 0 Å². The van der Waals surface area contributed by atoms with Crippen molar-refractivity contribution in [1.82, 2.24) is 13.7 Å². The monoisotopic (exact) mass is 796 g/mol. The molecule has 1 saturated carbocycles. The summed E-state index contributed by atoms with van der Waals surface area (Å²) in [6.07, 6.45) is 33.9. The number of benzene rings is 4. The molecule has 0 spiro atoms. The van der Waals surface area contributed by atoms with Gasteiger partial charge in [0.1, 0.15) is 0 Å². The molecule has 4 aliphatic carbocycles. The number of piperidine rings is 1. The number of rotatable bonds is 5. The van der Waals surface area contributed by atoms with Crippen LogP contribution in [0, 0.1) is 5.92 Å². The van der Waals surface area contributed by atoms with E-state index >= 15 is 0 Å². The van der Waals surface area contributed by atoms with Crippen LogP contribution in [0.15, 0.2) is 133 Å². The van der Waals surface area contributed by atoms with E-state index in [1.54, 1.807) is 11.3 Å². The predicted molar refractivity (Wildman–Crippen MR) is 259 cm³/mol. The SMILES string of the molecule is C/C=C\c1c(N2CCCCC2)c2cc(-n3c4c(c5ccccc53)C3=CC(=CC=C4)CC=C3)ccc2n1-c1ccc2c(c1)c1c(n2-c2ccccc2)CCC2CCCCC1CC2. The standard InChI is InChI=1S/C57H56N4/c1-2-15-54-57(58-34-11-4-12-35-58)48-38-45(60-49-24-10-9-23-46(49)56-42-20-13-17-40(36-42)18-14-25-52(56)60)30-33-51(48)61(54)44-29-32-50-47(37-44)55-41-19-8-7-16-39(26-28-41)27-31-53(55)59(50)43-21-5-3-6-22-43/h2-3,5-6,9-10,13-15,18,20-25,29-30,32-33,36-39,41H,4,7-8,11-12,16-17,19,26-28,31,34-35H2,1H3/b15-2-,18-14?,25-14?,40-18?,52-25?,56-42?. The largest absolute Gasteiger partial charge is 0.369 e. The van der Waals surface area contributed by atoms with Crippen LogP contribution in [0.2, 0.25) is 0 Å². The van der Waals surface area contributed by atoms with Crippen LogP contribution in [0.5, 0.6) is 0 Å². The maximum atomic E-state index is 2.70. The Labute approximate surface area is 360 Å². The van der Waals surface area contributed by atoms with Crippen molar-refractivity contribution in [2.75, 3.05) is 18.0 Å². The highest BCUT2D eigenvalue weighted by Crippen LogP contribution is 2.47.